The molecule has 0 aromatic heterocycles. The van der Waals surface area contributed by atoms with Gasteiger partial charge in [0.15, 0.2) is 0 Å². The van der Waals surface area contributed by atoms with E-state index in [1.54, 1.807) is 0 Å². The van der Waals surface area contributed by atoms with E-state index in [0.29, 0.717) is 0 Å². The first-order chi connectivity index (χ1) is 7.50. The lowest BCUT2D eigenvalue weighted by Gasteiger charge is -1.97. The molecule has 2 heteroatoms. The molecule has 1 fully saturated rings. The molecule has 0 aliphatic heterocycles. The molecule has 0 aromatic carbocycles. The molecule has 2 N–H and O–H groups in total. The summed E-state index contributed by atoms with van der Waals surface area (Å²) < 4.78 is 0. The van der Waals surface area contributed by atoms with Crippen LogP contribution in [0.2, 0.25) is 0 Å². The predicted molar refractivity (Wildman–Crippen MR) is 67.1 cm³/mol. The molecule has 0 unspecified atom stereocenters. The molecule has 0 aromatic rings. The lowest BCUT2D eigenvalue weighted by molar-refractivity contribution is 0.399. The lowest BCUT2D eigenvalue weighted by Crippen LogP contribution is -1.77. The summed E-state index contributed by atoms with van der Waals surface area (Å²) >= 11 is 0. The molecule has 1 aliphatic rings. The van der Waals surface area contributed by atoms with Gasteiger partial charge in [0.1, 0.15) is 0 Å². The summed E-state index contributed by atoms with van der Waals surface area (Å²) in [6, 6.07) is 0. The molecule has 0 saturated heterocycles. The van der Waals surface area contributed by atoms with Crippen molar-refractivity contribution < 1.29 is 10.2 Å². The molecule has 0 spiro atoms. The van der Waals surface area contributed by atoms with E-state index >= 15 is 0 Å². The highest BCUT2D eigenvalue weighted by Gasteiger charge is 1.95. The van der Waals surface area contributed by atoms with Gasteiger partial charge in [0, 0.05) is 14.2 Å². The summed E-state index contributed by atoms with van der Waals surface area (Å²) in [5.41, 5.74) is 0. The second-order valence-corrected chi connectivity index (χ2v) is 3.89. The van der Waals surface area contributed by atoms with E-state index in [2.05, 4.69) is 0 Å². The SMILES string of the molecule is C1CCCCCCCCCC1.CO.CO. The van der Waals surface area contributed by atoms with Crippen molar-refractivity contribution in [3.05, 3.63) is 0 Å². The van der Waals surface area contributed by atoms with Crippen LogP contribution in [0.3, 0.4) is 0 Å². The number of rotatable bonds is 0. The molecule has 1 saturated carbocycles. The first kappa shape index (κ1) is 17.3. The van der Waals surface area contributed by atoms with E-state index in [4.69, 9.17) is 10.2 Å². The van der Waals surface area contributed by atoms with Gasteiger partial charge in [-0.15, -0.1) is 0 Å². The topological polar surface area (TPSA) is 40.5 Å². The Morgan fingerprint density at radius 1 is 0.333 bits per heavy atom. The third-order valence-corrected chi connectivity index (χ3v) is 2.75. The van der Waals surface area contributed by atoms with Crippen LogP contribution >= 0.6 is 0 Å². The highest BCUT2D eigenvalue weighted by molar-refractivity contribution is 4.51. The van der Waals surface area contributed by atoms with E-state index in [-0.39, 0.29) is 0 Å². The first-order valence-electron chi connectivity index (χ1n) is 6.39. The number of aliphatic hydroxyl groups is 2. The Bertz CT molecular complexity index is 46.6. The van der Waals surface area contributed by atoms with Gasteiger partial charge in [0.2, 0.25) is 0 Å². The van der Waals surface area contributed by atoms with Crippen LogP contribution in [-0.4, -0.2) is 24.4 Å². The Labute approximate surface area is 95.7 Å². The van der Waals surface area contributed by atoms with Gasteiger partial charge in [-0.25, -0.2) is 0 Å². The third-order valence-electron chi connectivity index (χ3n) is 2.75. The van der Waals surface area contributed by atoms with E-state index in [1.165, 1.54) is 70.6 Å². The molecule has 94 valence electrons. The van der Waals surface area contributed by atoms with Crippen molar-refractivity contribution >= 4 is 0 Å². The van der Waals surface area contributed by atoms with Crippen LogP contribution in [0.5, 0.6) is 0 Å². The van der Waals surface area contributed by atoms with Crippen LogP contribution in [0.1, 0.15) is 70.6 Å². The monoisotopic (exact) mass is 218 g/mol. The van der Waals surface area contributed by atoms with Crippen LogP contribution in [-0.2, 0) is 0 Å². The Hall–Kier alpha value is -0.0800. The summed E-state index contributed by atoms with van der Waals surface area (Å²) in [5.74, 6) is 0. The summed E-state index contributed by atoms with van der Waals surface area (Å²) in [6.07, 6.45) is 16.5. The van der Waals surface area contributed by atoms with Crippen LogP contribution < -0.4 is 0 Å². The Morgan fingerprint density at radius 2 is 0.400 bits per heavy atom. The average molecular weight is 218 g/mol. The van der Waals surface area contributed by atoms with Crippen molar-refractivity contribution in [2.75, 3.05) is 14.2 Å². The van der Waals surface area contributed by atoms with Crippen molar-refractivity contribution in [3.63, 3.8) is 0 Å². The third kappa shape index (κ3) is 16.6. The van der Waals surface area contributed by atoms with E-state index in [0.717, 1.165) is 14.2 Å². The molecule has 2 nitrogen and oxygen atoms in total. The number of hydrogen-bond acceptors (Lipinski definition) is 2. The van der Waals surface area contributed by atoms with Gasteiger partial charge in [-0.1, -0.05) is 70.6 Å². The molecule has 0 atom stereocenters. The van der Waals surface area contributed by atoms with Gasteiger partial charge in [-0.05, 0) is 0 Å². The van der Waals surface area contributed by atoms with Gasteiger partial charge in [-0.2, -0.15) is 0 Å². The molecule has 0 radical (unpaired) electrons. The molecule has 15 heavy (non-hydrogen) atoms. The highest BCUT2D eigenvalue weighted by atomic mass is 16.2. The Morgan fingerprint density at radius 3 is 0.467 bits per heavy atom. The fraction of sp³-hybridized carbons (Fsp3) is 1.00. The summed E-state index contributed by atoms with van der Waals surface area (Å²) in [6.45, 7) is 0. The number of hydrogen-bond donors (Lipinski definition) is 2. The highest BCUT2D eigenvalue weighted by Crippen LogP contribution is 2.15. The fourth-order valence-corrected chi connectivity index (χ4v) is 1.94. The summed E-state index contributed by atoms with van der Waals surface area (Å²) in [5, 5.41) is 14.0. The summed E-state index contributed by atoms with van der Waals surface area (Å²) in [7, 11) is 2.00. The maximum absolute atomic E-state index is 7.00. The molecule has 1 rings (SSSR count). The Balaban J connectivity index is 0. The predicted octanol–water partition coefficient (Wildman–Crippen LogP) is 3.51. The van der Waals surface area contributed by atoms with Crippen molar-refractivity contribution in [1.29, 1.82) is 0 Å². The molecule has 1 aliphatic carbocycles. The van der Waals surface area contributed by atoms with E-state index in [1.807, 2.05) is 0 Å². The minimum absolute atomic E-state index is 1.00. The van der Waals surface area contributed by atoms with E-state index < -0.39 is 0 Å². The molecular weight excluding hydrogens is 188 g/mol. The quantitative estimate of drug-likeness (QED) is 0.653. The van der Waals surface area contributed by atoms with Crippen molar-refractivity contribution in [1.82, 2.24) is 0 Å². The average Bonchev–Trinajstić information content (AvgIpc) is 2.40. The van der Waals surface area contributed by atoms with Gasteiger partial charge < -0.3 is 10.2 Å². The zero-order chi connectivity index (χ0) is 11.8. The van der Waals surface area contributed by atoms with Crippen LogP contribution in [0.15, 0.2) is 0 Å². The van der Waals surface area contributed by atoms with Crippen LogP contribution in [0.25, 0.3) is 0 Å². The molecule has 0 bridgehead atoms. The Kier molecular flexibility index (Phi) is 22.5. The van der Waals surface area contributed by atoms with Crippen molar-refractivity contribution in [2.24, 2.45) is 0 Å². The second-order valence-electron chi connectivity index (χ2n) is 3.89. The molecular formula is C13H30O2. The smallest absolute Gasteiger partial charge is 0.0319 e. The van der Waals surface area contributed by atoms with E-state index in [9.17, 15) is 0 Å². The normalized spacial score (nSPS) is 18.4. The first-order valence-corrected chi connectivity index (χ1v) is 6.39. The number of aliphatic hydroxyl groups excluding tert-OH is 2. The van der Waals surface area contributed by atoms with Crippen LogP contribution in [0, 0.1) is 0 Å². The maximum atomic E-state index is 7.00. The van der Waals surface area contributed by atoms with Gasteiger partial charge in [0.05, 0.1) is 0 Å². The van der Waals surface area contributed by atoms with Gasteiger partial charge >= 0.3 is 0 Å². The minimum Gasteiger partial charge on any atom is -0.400 e. The van der Waals surface area contributed by atoms with Gasteiger partial charge in [-0.3, -0.25) is 0 Å². The van der Waals surface area contributed by atoms with Gasteiger partial charge in [0.25, 0.3) is 0 Å². The fourth-order valence-electron chi connectivity index (χ4n) is 1.94. The summed E-state index contributed by atoms with van der Waals surface area (Å²) in [4.78, 5) is 0. The maximum Gasteiger partial charge on any atom is 0.0319 e. The molecule has 0 heterocycles. The molecule has 0 amide bonds. The minimum atomic E-state index is 1.00. The van der Waals surface area contributed by atoms with Crippen molar-refractivity contribution in [2.45, 2.75) is 70.6 Å². The zero-order valence-electron chi connectivity index (χ0n) is 10.7. The van der Waals surface area contributed by atoms with Crippen molar-refractivity contribution in [3.8, 4) is 0 Å². The zero-order valence-corrected chi connectivity index (χ0v) is 10.7. The largest absolute Gasteiger partial charge is 0.400 e. The second kappa shape index (κ2) is 19.5. The lowest BCUT2D eigenvalue weighted by atomic mass is 10.1. The standard InChI is InChI=1S/C11H22.2CH4O/c1-2-4-6-8-10-11-9-7-5-3-1;2*1-2/h1-11H2;2*2H,1H3. The van der Waals surface area contributed by atoms with Crippen LogP contribution in [0.4, 0.5) is 0 Å².